The normalized spacial score (nSPS) is 12.6. The van der Waals surface area contributed by atoms with Crippen molar-refractivity contribution in [2.45, 2.75) is 26.2 Å². The van der Waals surface area contributed by atoms with Gasteiger partial charge in [0.05, 0.1) is 23.3 Å². The van der Waals surface area contributed by atoms with Crippen molar-refractivity contribution in [3.63, 3.8) is 0 Å². The first-order chi connectivity index (χ1) is 12.9. The zero-order valence-electron chi connectivity index (χ0n) is 14.8. The average molecular weight is 400 g/mol. The molecular weight excluding hydrogens is 386 g/mol. The van der Waals surface area contributed by atoms with Gasteiger partial charge in [-0.05, 0) is 65.2 Å². The van der Waals surface area contributed by atoms with Gasteiger partial charge in [0.25, 0.3) is 0 Å². The van der Waals surface area contributed by atoms with Gasteiger partial charge < -0.3 is 4.74 Å². The maximum atomic E-state index is 13.2. The van der Waals surface area contributed by atoms with Crippen molar-refractivity contribution in [2.24, 2.45) is 0 Å². The molecule has 0 saturated heterocycles. The quantitative estimate of drug-likeness (QED) is 0.278. The third-order valence-electron chi connectivity index (χ3n) is 4.51. The Morgan fingerprint density at radius 3 is 1.75 bits per heavy atom. The Morgan fingerprint density at radius 2 is 1.29 bits per heavy atom. The number of ether oxygens (including phenoxy) is 1. The molecule has 8 heteroatoms. The van der Waals surface area contributed by atoms with E-state index in [2.05, 4.69) is 0 Å². The second-order valence-electron chi connectivity index (χ2n) is 6.24. The van der Waals surface area contributed by atoms with Crippen LogP contribution < -0.4 is 0 Å². The standard InChI is InChI=1S/C20H14F6O2/c1-3-28-18(27)17-10(2)15-8-11(19(21,22)23)4-6-13(15)14-7-5-12(9-16(14)17)20(24,25)26/h4-9H,3H2,1-2H3. The summed E-state index contributed by atoms with van der Waals surface area (Å²) >= 11 is 0. The monoisotopic (exact) mass is 400 g/mol. The van der Waals surface area contributed by atoms with E-state index in [0.29, 0.717) is 5.39 Å². The Hall–Kier alpha value is -2.77. The Morgan fingerprint density at radius 1 is 0.821 bits per heavy atom. The van der Waals surface area contributed by atoms with E-state index in [4.69, 9.17) is 4.74 Å². The fourth-order valence-corrected chi connectivity index (χ4v) is 3.23. The highest BCUT2D eigenvalue weighted by atomic mass is 19.4. The summed E-state index contributed by atoms with van der Waals surface area (Å²) in [6, 6.07) is 5.79. The Kier molecular flexibility index (Phi) is 4.77. The lowest BCUT2D eigenvalue weighted by molar-refractivity contribution is -0.138. The molecule has 0 atom stereocenters. The van der Waals surface area contributed by atoms with Gasteiger partial charge in [-0.15, -0.1) is 0 Å². The predicted molar refractivity (Wildman–Crippen MR) is 92.2 cm³/mol. The largest absolute Gasteiger partial charge is 0.462 e. The number of alkyl halides is 6. The minimum absolute atomic E-state index is 0.0157. The van der Waals surface area contributed by atoms with Gasteiger partial charge in [-0.3, -0.25) is 0 Å². The van der Waals surface area contributed by atoms with E-state index in [-0.39, 0.29) is 33.9 Å². The summed E-state index contributed by atoms with van der Waals surface area (Å²) in [4.78, 5) is 12.4. The first kappa shape index (κ1) is 20.0. The average Bonchev–Trinajstić information content (AvgIpc) is 2.60. The lowest BCUT2D eigenvalue weighted by atomic mass is 9.90. The van der Waals surface area contributed by atoms with Crippen molar-refractivity contribution in [1.29, 1.82) is 0 Å². The van der Waals surface area contributed by atoms with E-state index < -0.39 is 29.4 Å². The summed E-state index contributed by atoms with van der Waals surface area (Å²) in [5, 5.41) is 0.677. The smallest absolute Gasteiger partial charge is 0.416 e. The van der Waals surface area contributed by atoms with Crippen molar-refractivity contribution in [1.82, 2.24) is 0 Å². The van der Waals surface area contributed by atoms with E-state index in [1.807, 2.05) is 0 Å². The molecular formula is C20H14F6O2. The van der Waals surface area contributed by atoms with E-state index in [1.165, 1.54) is 19.9 Å². The van der Waals surface area contributed by atoms with Crippen LogP contribution in [0.2, 0.25) is 0 Å². The highest BCUT2D eigenvalue weighted by Gasteiger charge is 2.33. The van der Waals surface area contributed by atoms with E-state index in [1.54, 1.807) is 0 Å². The molecule has 0 radical (unpaired) electrons. The lowest BCUT2D eigenvalue weighted by Gasteiger charge is -2.17. The minimum atomic E-state index is -4.64. The first-order valence-corrected chi connectivity index (χ1v) is 8.26. The summed E-state index contributed by atoms with van der Waals surface area (Å²) in [6.07, 6.45) is -9.23. The predicted octanol–water partition coefficient (Wildman–Crippen LogP) is 6.52. The summed E-state index contributed by atoms with van der Waals surface area (Å²) in [5.41, 5.74) is -1.92. The van der Waals surface area contributed by atoms with Crippen LogP contribution in [0.25, 0.3) is 21.5 Å². The maximum Gasteiger partial charge on any atom is 0.416 e. The van der Waals surface area contributed by atoms with Crippen molar-refractivity contribution in [3.8, 4) is 0 Å². The molecule has 0 saturated carbocycles. The molecule has 0 aliphatic heterocycles. The van der Waals surface area contributed by atoms with Crippen LogP contribution in [-0.2, 0) is 17.1 Å². The van der Waals surface area contributed by atoms with Crippen molar-refractivity contribution in [2.75, 3.05) is 6.61 Å². The SMILES string of the molecule is CCOC(=O)c1c(C)c2cc(C(F)(F)F)ccc2c2ccc(C(F)(F)F)cc12. The molecule has 3 rings (SSSR count). The van der Waals surface area contributed by atoms with Crippen LogP contribution in [0.4, 0.5) is 26.3 Å². The van der Waals surface area contributed by atoms with Crippen LogP contribution in [0.1, 0.15) is 34.0 Å². The second kappa shape index (κ2) is 6.68. The molecule has 0 amide bonds. The van der Waals surface area contributed by atoms with Gasteiger partial charge in [-0.2, -0.15) is 26.3 Å². The number of hydrogen-bond acceptors (Lipinski definition) is 2. The number of aryl methyl sites for hydroxylation is 1. The number of halogens is 6. The molecule has 0 spiro atoms. The molecule has 28 heavy (non-hydrogen) atoms. The maximum absolute atomic E-state index is 13.2. The van der Waals surface area contributed by atoms with Gasteiger partial charge in [0.2, 0.25) is 0 Å². The lowest BCUT2D eigenvalue weighted by Crippen LogP contribution is -2.11. The van der Waals surface area contributed by atoms with Crippen LogP contribution in [0.15, 0.2) is 36.4 Å². The first-order valence-electron chi connectivity index (χ1n) is 8.26. The number of carbonyl (C=O) groups is 1. The number of esters is 1. The zero-order valence-corrected chi connectivity index (χ0v) is 14.8. The number of rotatable bonds is 2. The number of fused-ring (bicyclic) bond motifs is 3. The molecule has 0 heterocycles. The summed E-state index contributed by atoms with van der Waals surface area (Å²) in [6.45, 7) is 2.90. The Labute approximate surface area is 155 Å². The number of hydrogen-bond donors (Lipinski definition) is 0. The van der Waals surface area contributed by atoms with Crippen LogP contribution in [0.5, 0.6) is 0 Å². The van der Waals surface area contributed by atoms with Crippen LogP contribution in [-0.4, -0.2) is 12.6 Å². The summed E-state index contributed by atoms with van der Waals surface area (Å²) in [7, 11) is 0. The summed E-state index contributed by atoms with van der Waals surface area (Å²) in [5.74, 6) is -0.886. The van der Waals surface area contributed by atoms with E-state index in [0.717, 1.165) is 30.3 Å². The van der Waals surface area contributed by atoms with Crippen LogP contribution in [0, 0.1) is 6.92 Å². The molecule has 0 bridgehead atoms. The Bertz CT molecular complexity index is 1080. The van der Waals surface area contributed by atoms with Crippen molar-refractivity contribution < 1.29 is 35.9 Å². The molecule has 0 N–H and O–H groups in total. The third kappa shape index (κ3) is 3.39. The van der Waals surface area contributed by atoms with E-state index >= 15 is 0 Å². The minimum Gasteiger partial charge on any atom is -0.462 e. The van der Waals surface area contributed by atoms with Crippen molar-refractivity contribution in [3.05, 3.63) is 58.7 Å². The van der Waals surface area contributed by atoms with Crippen molar-refractivity contribution >= 4 is 27.5 Å². The van der Waals surface area contributed by atoms with Crippen LogP contribution in [0.3, 0.4) is 0 Å². The second-order valence-corrected chi connectivity index (χ2v) is 6.24. The molecule has 148 valence electrons. The summed E-state index contributed by atoms with van der Waals surface area (Å²) < 4.78 is 83.7. The number of benzene rings is 3. The fraction of sp³-hybridized carbons (Fsp3) is 0.250. The van der Waals surface area contributed by atoms with Gasteiger partial charge in [0.15, 0.2) is 0 Å². The van der Waals surface area contributed by atoms with Crippen LogP contribution >= 0.6 is 0 Å². The molecule has 0 unspecified atom stereocenters. The van der Waals surface area contributed by atoms with Gasteiger partial charge in [0, 0.05) is 0 Å². The topological polar surface area (TPSA) is 26.3 Å². The fourth-order valence-electron chi connectivity index (χ4n) is 3.23. The highest BCUT2D eigenvalue weighted by Crippen LogP contribution is 2.39. The van der Waals surface area contributed by atoms with Gasteiger partial charge >= 0.3 is 18.3 Å². The Balaban J connectivity index is 2.46. The van der Waals surface area contributed by atoms with Gasteiger partial charge in [-0.25, -0.2) is 4.79 Å². The molecule has 0 fully saturated rings. The zero-order chi connectivity index (χ0) is 20.9. The molecule has 0 aliphatic carbocycles. The van der Waals surface area contributed by atoms with Gasteiger partial charge in [-0.1, -0.05) is 12.1 Å². The molecule has 0 aromatic heterocycles. The van der Waals surface area contributed by atoms with Gasteiger partial charge in [0.1, 0.15) is 0 Å². The molecule has 0 aliphatic rings. The molecule has 3 aromatic carbocycles. The van der Waals surface area contributed by atoms with E-state index in [9.17, 15) is 31.1 Å². The number of carbonyl (C=O) groups excluding carboxylic acids is 1. The third-order valence-corrected chi connectivity index (χ3v) is 4.51. The highest BCUT2D eigenvalue weighted by molar-refractivity contribution is 6.18. The molecule has 2 nitrogen and oxygen atoms in total. The molecule has 3 aromatic rings.